The van der Waals surface area contributed by atoms with Gasteiger partial charge < -0.3 is 14.8 Å². The fraction of sp³-hybridized carbons (Fsp3) is 0.188. The number of benzene rings is 1. The number of nitrogens with zero attached hydrogens (tertiary/aromatic N) is 5. The number of hydrogen-bond donors (Lipinski definition) is 1. The molecule has 0 aliphatic rings. The number of tetrazole rings is 1. The summed E-state index contributed by atoms with van der Waals surface area (Å²) in [5, 5.41) is 14.0. The van der Waals surface area contributed by atoms with Crippen LogP contribution in [0.15, 0.2) is 49.1 Å². The molecule has 0 bridgehead atoms. The van der Waals surface area contributed by atoms with Gasteiger partial charge in [-0.05, 0) is 40.8 Å². The predicted molar refractivity (Wildman–Crippen MR) is 88.7 cm³/mol. The summed E-state index contributed by atoms with van der Waals surface area (Å²) in [4.78, 5) is 16.2. The van der Waals surface area contributed by atoms with Gasteiger partial charge in [-0.25, -0.2) is 0 Å². The highest BCUT2D eigenvalue weighted by Crippen LogP contribution is 2.26. The van der Waals surface area contributed by atoms with E-state index < -0.39 is 0 Å². The molecule has 2 aromatic heterocycles. The van der Waals surface area contributed by atoms with Crippen LogP contribution in [0.3, 0.4) is 0 Å². The zero-order chi connectivity index (χ0) is 17.5. The summed E-state index contributed by atoms with van der Waals surface area (Å²) in [5.74, 6) is 0.337. The zero-order valence-corrected chi connectivity index (χ0v) is 13.5. The second-order valence-corrected chi connectivity index (χ2v) is 4.97. The lowest BCUT2D eigenvalue weighted by Gasteiger charge is -2.13. The van der Waals surface area contributed by atoms with Gasteiger partial charge in [0.1, 0.15) is 24.4 Å². The van der Waals surface area contributed by atoms with Crippen LogP contribution in [0.2, 0.25) is 0 Å². The molecule has 0 aliphatic heterocycles. The van der Waals surface area contributed by atoms with E-state index in [0.29, 0.717) is 35.9 Å². The van der Waals surface area contributed by atoms with Crippen molar-refractivity contribution in [2.24, 2.45) is 0 Å². The van der Waals surface area contributed by atoms with E-state index in [1.807, 2.05) is 0 Å². The highest BCUT2D eigenvalue weighted by molar-refractivity contribution is 6.04. The van der Waals surface area contributed by atoms with Gasteiger partial charge in [-0.2, -0.15) is 4.68 Å². The van der Waals surface area contributed by atoms with E-state index in [4.69, 9.17) is 9.47 Å². The average Bonchev–Trinajstić information content (AvgIpc) is 3.18. The molecule has 1 amide bonds. The van der Waals surface area contributed by atoms with Crippen LogP contribution in [0.5, 0.6) is 5.75 Å². The Hall–Kier alpha value is -3.33. The summed E-state index contributed by atoms with van der Waals surface area (Å²) in [5.41, 5.74) is 1.71. The summed E-state index contributed by atoms with van der Waals surface area (Å²) in [6.45, 7) is 0.837. The van der Waals surface area contributed by atoms with Crippen molar-refractivity contribution in [3.8, 4) is 11.4 Å². The monoisotopic (exact) mass is 340 g/mol. The molecule has 0 saturated heterocycles. The topological polar surface area (TPSA) is 104 Å². The highest BCUT2D eigenvalue weighted by atomic mass is 16.5. The van der Waals surface area contributed by atoms with Crippen LogP contribution < -0.4 is 10.1 Å². The maximum absolute atomic E-state index is 12.3. The Kier molecular flexibility index (Phi) is 5.27. The van der Waals surface area contributed by atoms with Crippen molar-refractivity contribution < 1.29 is 14.3 Å². The lowest BCUT2D eigenvalue weighted by atomic mass is 10.2. The first-order valence-electron chi connectivity index (χ1n) is 7.48. The van der Waals surface area contributed by atoms with Gasteiger partial charge in [-0.1, -0.05) is 0 Å². The lowest BCUT2D eigenvalue weighted by Crippen LogP contribution is -2.13. The second-order valence-electron chi connectivity index (χ2n) is 4.97. The van der Waals surface area contributed by atoms with Gasteiger partial charge in [0.2, 0.25) is 0 Å². The smallest absolute Gasteiger partial charge is 0.255 e. The Morgan fingerprint density at radius 1 is 1.20 bits per heavy atom. The lowest BCUT2D eigenvalue weighted by molar-refractivity contribution is 0.102. The molecule has 0 fully saturated rings. The van der Waals surface area contributed by atoms with Crippen molar-refractivity contribution in [1.82, 2.24) is 25.2 Å². The molecule has 1 aromatic carbocycles. The summed E-state index contributed by atoms with van der Waals surface area (Å²) in [7, 11) is 1.60. The first kappa shape index (κ1) is 16.5. The van der Waals surface area contributed by atoms with Gasteiger partial charge in [-0.15, -0.1) is 5.10 Å². The molecule has 0 radical (unpaired) electrons. The summed E-state index contributed by atoms with van der Waals surface area (Å²) in [6, 6.07) is 8.50. The fourth-order valence-electron chi connectivity index (χ4n) is 2.11. The average molecular weight is 340 g/mol. The van der Waals surface area contributed by atoms with Gasteiger partial charge >= 0.3 is 0 Å². The number of anilines is 1. The first-order chi connectivity index (χ1) is 12.3. The molecule has 0 atom stereocenters. The Morgan fingerprint density at radius 2 is 2.04 bits per heavy atom. The van der Waals surface area contributed by atoms with E-state index in [9.17, 15) is 4.79 Å². The standard InChI is InChI=1S/C16H16N6O3/c1-24-8-9-25-15-3-2-13(10-14(15)22-11-18-20-21-22)19-16(23)12-4-6-17-7-5-12/h2-7,10-11H,8-9H2,1H3,(H,19,23). The molecular weight excluding hydrogens is 324 g/mol. The van der Waals surface area contributed by atoms with Gasteiger partial charge in [-0.3, -0.25) is 9.78 Å². The molecule has 0 spiro atoms. The van der Waals surface area contributed by atoms with E-state index in [1.54, 1.807) is 49.8 Å². The van der Waals surface area contributed by atoms with Crippen molar-refractivity contribution in [2.75, 3.05) is 25.6 Å². The molecule has 3 rings (SSSR count). The van der Waals surface area contributed by atoms with Crippen LogP contribution in [0.25, 0.3) is 5.69 Å². The summed E-state index contributed by atoms with van der Waals surface area (Å²) >= 11 is 0. The molecule has 0 unspecified atom stereocenters. The number of carbonyl (C=O) groups excluding carboxylic acids is 1. The summed E-state index contributed by atoms with van der Waals surface area (Å²) < 4.78 is 12.1. The first-order valence-corrected chi connectivity index (χ1v) is 7.48. The van der Waals surface area contributed by atoms with E-state index in [0.717, 1.165) is 0 Å². The maximum atomic E-state index is 12.3. The molecule has 25 heavy (non-hydrogen) atoms. The molecular formula is C16H16N6O3. The largest absolute Gasteiger partial charge is 0.489 e. The van der Waals surface area contributed by atoms with Crippen LogP contribution in [-0.2, 0) is 4.74 Å². The van der Waals surface area contributed by atoms with Gasteiger partial charge in [0.25, 0.3) is 5.91 Å². The highest BCUT2D eigenvalue weighted by Gasteiger charge is 2.11. The molecule has 3 aromatic rings. The molecule has 2 heterocycles. The van der Waals surface area contributed by atoms with Crippen LogP contribution in [0.4, 0.5) is 5.69 Å². The fourth-order valence-corrected chi connectivity index (χ4v) is 2.11. The summed E-state index contributed by atoms with van der Waals surface area (Å²) in [6.07, 6.45) is 4.58. The van der Waals surface area contributed by atoms with Crippen LogP contribution in [0.1, 0.15) is 10.4 Å². The maximum Gasteiger partial charge on any atom is 0.255 e. The van der Waals surface area contributed by atoms with Gasteiger partial charge in [0.15, 0.2) is 0 Å². The van der Waals surface area contributed by atoms with Gasteiger partial charge in [0, 0.05) is 30.8 Å². The third-order valence-corrected chi connectivity index (χ3v) is 3.30. The normalized spacial score (nSPS) is 10.4. The number of rotatable bonds is 7. The van der Waals surface area contributed by atoms with E-state index in [-0.39, 0.29) is 5.91 Å². The minimum absolute atomic E-state index is 0.238. The van der Waals surface area contributed by atoms with Crippen LogP contribution >= 0.6 is 0 Å². The van der Waals surface area contributed by atoms with Crippen molar-refractivity contribution in [1.29, 1.82) is 0 Å². The van der Waals surface area contributed by atoms with Crippen molar-refractivity contribution >= 4 is 11.6 Å². The van der Waals surface area contributed by atoms with Gasteiger partial charge in [0.05, 0.1) is 6.61 Å². The Labute approximate surface area is 143 Å². The zero-order valence-electron chi connectivity index (χ0n) is 13.5. The van der Waals surface area contributed by atoms with Crippen molar-refractivity contribution in [2.45, 2.75) is 0 Å². The Morgan fingerprint density at radius 3 is 2.76 bits per heavy atom. The molecule has 0 saturated carbocycles. The number of aromatic nitrogens is 5. The third kappa shape index (κ3) is 4.15. The molecule has 9 heteroatoms. The molecule has 9 nitrogen and oxygen atoms in total. The second kappa shape index (κ2) is 7.97. The van der Waals surface area contributed by atoms with Crippen molar-refractivity contribution in [3.63, 3.8) is 0 Å². The Bertz CT molecular complexity index is 823. The number of nitrogens with one attached hydrogen (secondary N) is 1. The van der Waals surface area contributed by atoms with Crippen LogP contribution in [0, 0.1) is 0 Å². The Balaban J connectivity index is 1.83. The van der Waals surface area contributed by atoms with E-state index in [1.165, 1.54) is 11.0 Å². The van der Waals surface area contributed by atoms with Crippen molar-refractivity contribution in [3.05, 3.63) is 54.6 Å². The third-order valence-electron chi connectivity index (χ3n) is 3.30. The SMILES string of the molecule is COCCOc1ccc(NC(=O)c2ccncc2)cc1-n1cnnn1. The number of pyridine rings is 1. The van der Waals surface area contributed by atoms with E-state index in [2.05, 4.69) is 25.8 Å². The number of amides is 1. The number of hydrogen-bond acceptors (Lipinski definition) is 7. The minimum atomic E-state index is -0.238. The predicted octanol–water partition coefficient (Wildman–Crippen LogP) is 1.33. The minimum Gasteiger partial charge on any atom is -0.489 e. The van der Waals surface area contributed by atoms with Crippen LogP contribution in [-0.4, -0.2) is 51.4 Å². The molecule has 0 aliphatic carbocycles. The number of methoxy groups -OCH3 is 1. The quantitative estimate of drug-likeness (QED) is 0.647. The van der Waals surface area contributed by atoms with E-state index >= 15 is 0 Å². The number of ether oxygens (including phenoxy) is 2. The molecule has 1 N–H and O–H groups in total. The number of carbonyl (C=O) groups is 1. The molecule has 128 valence electrons.